The van der Waals surface area contributed by atoms with Gasteiger partial charge in [0.2, 0.25) is 5.92 Å². The SMILES string of the molecule is CSC(=Nc1ccccc1Oc1ccccc1)C1C(=O)OC(C)(C)OC1=O. The van der Waals surface area contributed by atoms with Crippen molar-refractivity contribution in [2.45, 2.75) is 19.6 Å². The smallest absolute Gasteiger partial charge is 0.330 e. The Labute approximate surface area is 161 Å². The first-order valence-electron chi connectivity index (χ1n) is 8.30. The summed E-state index contributed by atoms with van der Waals surface area (Å²) < 4.78 is 16.3. The molecule has 2 aromatic rings. The number of hydrogen-bond donors (Lipinski definition) is 0. The summed E-state index contributed by atoms with van der Waals surface area (Å²) in [6.45, 7) is 3.02. The topological polar surface area (TPSA) is 74.2 Å². The van der Waals surface area contributed by atoms with Gasteiger partial charge in [-0.15, -0.1) is 11.8 Å². The van der Waals surface area contributed by atoms with Crippen LogP contribution in [0.15, 0.2) is 59.6 Å². The molecule has 0 amide bonds. The van der Waals surface area contributed by atoms with Crippen molar-refractivity contribution >= 4 is 34.4 Å². The molecule has 1 saturated heterocycles. The zero-order valence-corrected chi connectivity index (χ0v) is 16.0. The van der Waals surface area contributed by atoms with Crippen LogP contribution in [0.25, 0.3) is 0 Å². The summed E-state index contributed by atoms with van der Waals surface area (Å²) in [5.41, 5.74) is 0.496. The Bertz CT molecular complexity index is 859. The van der Waals surface area contributed by atoms with Crippen LogP contribution in [-0.2, 0) is 19.1 Å². The first-order chi connectivity index (χ1) is 12.9. The van der Waals surface area contributed by atoms with E-state index >= 15 is 0 Å². The Morgan fingerprint density at radius 2 is 1.59 bits per heavy atom. The van der Waals surface area contributed by atoms with Crippen molar-refractivity contribution in [1.82, 2.24) is 0 Å². The van der Waals surface area contributed by atoms with E-state index in [0.29, 0.717) is 17.2 Å². The molecule has 1 aliphatic rings. The summed E-state index contributed by atoms with van der Waals surface area (Å²) >= 11 is 1.19. The Hall–Kier alpha value is -2.80. The molecule has 0 bridgehead atoms. The van der Waals surface area contributed by atoms with E-state index in [-0.39, 0.29) is 5.04 Å². The van der Waals surface area contributed by atoms with Crippen molar-refractivity contribution in [1.29, 1.82) is 0 Å². The van der Waals surface area contributed by atoms with E-state index < -0.39 is 23.6 Å². The average Bonchev–Trinajstić information content (AvgIpc) is 2.61. The van der Waals surface area contributed by atoms with E-state index in [9.17, 15) is 9.59 Å². The maximum Gasteiger partial charge on any atom is 0.330 e. The molecule has 1 fully saturated rings. The lowest BCUT2D eigenvalue weighted by Gasteiger charge is -2.32. The minimum atomic E-state index is -1.28. The molecule has 1 heterocycles. The number of para-hydroxylation sites is 3. The van der Waals surface area contributed by atoms with E-state index in [1.807, 2.05) is 36.4 Å². The molecule has 140 valence electrons. The molecule has 6 nitrogen and oxygen atoms in total. The summed E-state index contributed by atoms with van der Waals surface area (Å²) in [4.78, 5) is 29.2. The van der Waals surface area contributed by atoms with E-state index in [2.05, 4.69) is 4.99 Å². The first-order valence-corrected chi connectivity index (χ1v) is 9.52. The molecule has 0 aliphatic carbocycles. The number of rotatable bonds is 4. The molecule has 0 N–H and O–H groups in total. The van der Waals surface area contributed by atoms with Crippen LogP contribution in [0, 0.1) is 5.92 Å². The zero-order valence-electron chi connectivity index (χ0n) is 15.2. The second-order valence-corrected chi connectivity index (χ2v) is 7.04. The maximum absolute atomic E-state index is 12.3. The van der Waals surface area contributed by atoms with Crippen molar-refractivity contribution in [2.24, 2.45) is 10.9 Å². The fourth-order valence-corrected chi connectivity index (χ4v) is 3.14. The summed E-state index contributed by atoms with van der Waals surface area (Å²) in [6, 6.07) is 16.4. The maximum atomic E-state index is 12.3. The molecule has 2 aromatic carbocycles. The van der Waals surface area contributed by atoms with Crippen LogP contribution in [0.4, 0.5) is 5.69 Å². The summed E-state index contributed by atoms with van der Waals surface area (Å²) in [6.07, 6.45) is 1.74. The van der Waals surface area contributed by atoms with Crippen molar-refractivity contribution in [3.05, 3.63) is 54.6 Å². The first kappa shape index (κ1) is 19.0. The standard InChI is InChI=1S/C20H19NO5S/c1-20(2)25-18(22)16(19(23)26-20)17(27-3)21-14-11-7-8-12-15(14)24-13-9-5-4-6-10-13/h4-12,16H,1-3H3. The van der Waals surface area contributed by atoms with Gasteiger partial charge >= 0.3 is 11.9 Å². The van der Waals surface area contributed by atoms with E-state index in [1.165, 1.54) is 25.6 Å². The minimum Gasteiger partial charge on any atom is -0.455 e. The predicted octanol–water partition coefficient (Wildman–Crippen LogP) is 4.32. The average molecular weight is 385 g/mol. The van der Waals surface area contributed by atoms with Crippen molar-refractivity contribution in [3.8, 4) is 11.5 Å². The highest BCUT2D eigenvalue weighted by atomic mass is 32.2. The summed E-state index contributed by atoms with van der Waals surface area (Å²) in [5.74, 6) is -2.67. The zero-order chi connectivity index (χ0) is 19.4. The second kappa shape index (κ2) is 7.84. The largest absolute Gasteiger partial charge is 0.455 e. The number of carbonyl (C=O) groups is 2. The lowest BCUT2D eigenvalue weighted by molar-refractivity contribution is -0.235. The molecule has 7 heteroatoms. The number of ether oxygens (including phenoxy) is 3. The number of cyclic esters (lactones) is 2. The normalized spacial score (nSPS) is 17.2. The van der Waals surface area contributed by atoms with Crippen molar-refractivity contribution in [3.63, 3.8) is 0 Å². The Kier molecular flexibility index (Phi) is 5.51. The van der Waals surface area contributed by atoms with Crippen molar-refractivity contribution < 1.29 is 23.8 Å². The number of hydrogen-bond acceptors (Lipinski definition) is 7. The molecule has 27 heavy (non-hydrogen) atoms. The van der Waals surface area contributed by atoms with Gasteiger partial charge in [0.1, 0.15) is 11.4 Å². The lowest BCUT2D eigenvalue weighted by atomic mass is 10.1. The van der Waals surface area contributed by atoms with Crippen LogP contribution in [0.5, 0.6) is 11.5 Å². The molecular formula is C20H19NO5S. The van der Waals surface area contributed by atoms with Crippen LogP contribution in [-0.4, -0.2) is 29.0 Å². The van der Waals surface area contributed by atoms with Gasteiger partial charge in [0.15, 0.2) is 5.75 Å². The highest BCUT2D eigenvalue weighted by molar-refractivity contribution is 8.13. The predicted molar refractivity (Wildman–Crippen MR) is 103 cm³/mol. The fraction of sp³-hybridized carbons (Fsp3) is 0.250. The van der Waals surface area contributed by atoms with Crippen LogP contribution in [0.1, 0.15) is 13.8 Å². The van der Waals surface area contributed by atoms with Gasteiger partial charge in [-0.05, 0) is 30.5 Å². The summed E-state index contributed by atoms with van der Waals surface area (Å²) in [7, 11) is 0. The lowest BCUT2D eigenvalue weighted by Crippen LogP contribution is -2.48. The Morgan fingerprint density at radius 3 is 2.22 bits per heavy atom. The summed E-state index contributed by atoms with van der Waals surface area (Å²) in [5, 5.41) is 0.282. The number of nitrogens with zero attached hydrogens (tertiary/aromatic N) is 1. The van der Waals surface area contributed by atoms with Crippen LogP contribution < -0.4 is 4.74 Å². The fourth-order valence-electron chi connectivity index (χ4n) is 2.52. The highest BCUT2D eigenvalue weighted by Crippen LogP contribution is 2.34. The van der Waals surface area contributed by atoms with E-state index in [0.717, 1.165) is 0 Å². The number of aliphatic imine (C=N–C) groups is 1. The van der Waals surface area contributed by atoms with Crippen molar-refractivity contribution in [2.75, 3.05) is 6.26 Å². The third kappa shape index (κ3) is 4.49. The molecule has 0 aromatic heterocycles. The minimum absolute atomic E-state index is 0.282. The van der Waals surface area contributed by atoms with Gasteiger partial charge in [0.25, 0.3) is 5.79 Å². The molecule has 1 aliphatic heterocycles. The Balaban J connectivity index is 1.93. The third-order valence-electron chi connectivity index (χ3n) is 3.69. The Morgan fingerprint density at radius 1 is 1.00 bits per heavy atom. The van der Waals surface area contributed by atoms with Gasteiger partial charge in [0.05, 0.1) is 5.04 Å². The van der Waals surface area contributed by atoms with Crippen LogP contribution in [0.3, 0.4) is 0 Å². The second-order valence-electron chi connectivity index (χ2n) is 6.21. The van der Waals surface area contributed by atoms with Gasteiger partial charge < -0.3 is 14.2 Å². The van der Waals surface area contributed by atoms with Crippen LogP contribution in [0.2, 0.25) is 0 Å². The third-order valence-corrected chi connectivity index (χ3v) is 4.43. The molecule has 0 atom stereocenters. The van der Waals surface area contributed by atoms with Gasteiger partial charge in [-0.2, -0.15) is 0 Å². The highest BCUT2D eigenvalue weighted by Gasteiger charge is 2.46. The molecule has 0 unspecified atom stereocenters. The molecule has 0 saturated carbocycles. The van der Waals surface area contributed by atoms with E-state index in [4.69, 9.17) is 14.2 Å². The number of benzene rings is 2. The number of thioether (sulfide) groups is 1. The number of esters is 2. The van der Waals surface area contributed by atoms with Gasteiger partial charge in [-0.3, -0.25) is 9.59 Å². The number of carbonyl (C=O) groups excluding carboxylic acids is 2. The van der Waals surface area contributed by atoms with Gasteiger partial charge in [0, 0.05) is 13.8 Å². The quantitative estimate of drug-likeness (QED) is 0.338. The van der Waals surface area contributed by atoms with E-state index in [1.54, 1.807) is 24.5 Å². The molecule has 3 rings (SSSR count). The molecular weight excluding hydrogens is 366 g/mol. The molecule has 0 radical (unpaired) electrons. The van der Waals surface area contributed by atoms with Gasteiger partial charge in [-0.25, -0.2) is 4.99 Å². The van der Waals surface area contributed by atoms with Gasteiger partial charge in [-0.1, -0.05) is 30.3 Å². The molecule has 0 spiro atoms. The monoisotopic (exact) mass is 385 g/mol. The van der Waals surface area contributed by atoms with Crippen LogP contribution >= 0.6 is 11.8 Å².